The second kappa shape index (κ2) is 5.58. The summed E-state index contributed by atoms with van der Waals surface area (Å²) in [6.45, 7) is 4.64. The quantitative estimate of drug-likeness (QED) is 0.715. The van der Waals surface area contributed by atoms with Gasteiger partial charge in [-0.25, -0.2) is 0 Å². The molecule has 1 unspecified atom stereocenters. The van der Waals surface area contributed by atoms with Crippen molar-refractivity contribution < 1.29 is 0 Å². The molecule has 2 aromatic rings. The second-order valence-corrected chi connectivity index (χ2v) is 7.14. The van der Waals surface area contributed by atoms with Gasteiger partial charge in [0.2, 0.25) is 0 Å². The standard InChI is InChI=1S/C20H20BrN/c1-2-14-13-22-12-11-15-5-3-4-6-18(15)20(22)19(14)16-7-9-17(21)10-8-16/h3-10,14H,2,11-13H2,1H3. The van der Waals surface area contributed by atoms with E-state index in [-0.39, 0.29) is 0 Å². The summed E-state index contributed by atoms with van der Waals surface area (Å²) in [7, 11) is 0. The highest BCUT2D eigenvalue weighted by Crippen LogP contribution is 2.45. The first-order valence-electron chi connectivity index (χ1n) is 8.11. The molecule has 2 aliphatic heterocycles. The molecule has 0 saturated heterocycles. The Morgan fingerprint density at radius 2 is 1.86 bits per heavy atom. The van der Waals surface area contributed by atoms with Gasteiger partial charge in [-0.2, -0.15) is 0 Å². The molecule has 1 nitrogen and oxygen atoms in total. The number of rotatable bonds is 2. The third-order valence-electron chi connectivity index (χ3n) is 4.99. The molecule has 0 N–H and O–H groups in total. The second-order valence-electron chi connectivity index (χ2n) is 6.23. The number of hydrogen-bond acceptors (Lipinski definition) is 1. The van der Waals surface area contributed by atoms with Crippen LogP contribution in [-0.4, -0.2) is 18.0 Å². The molecule has 1 atom stereocenters. The van der Waals surface area contributed by atoms with Gasteiger partial charge in [0, 0.05) is 34.7 Å². The van der Waals surface area contributed by atoms with Crippen LogP contribution in [0.3, 0.4) is 0 Å². The SMILES string of the molecule is CCC1CN2CCc3ccccc3C2=C1c1ccc(Br)cc1. The van der Waals surface area contributed by atoms with E-state index < -0.39 is 0 Å². The van der Waals surface area contributed by atoms with Crippen LogP contribution in [0.4, 0.5) is 0 Å². The van der Waals surface area contributed by atoms with Crippen LogP contribution in [0.1, 0.15) is 30.0 Å². The van der Waals surface area contributed by atoms with Crippen molar-refractivity contribution in [2.75, 3.05) is 13.1 Å². The maximum atomic E-state index is 3.55. The van der Waals surface area contributed by atoms with E-state index >= 15 is 0 Å². The summed E-state index contributed by atoms with van der Waals surface area (Å²) in [5.41, 5.74) is 7.35. The number of halogens is 1. The molecule has 0 saturated carbocycles. The molecule has 0 aromatic heterocycles. The zero-order valence-electron chi connectivity index (χ0n) is 12.8. The molecule has 2 heterocycles. The van der Waals surface area contributed by atoms with E-state index in [0.29, 0.717) is 5.92 Å². The predicted molar refractivity (Wildman–Crippen MR) is 96.5 cm³/mol. The highest BCUT2D eigenvalue weighted by atomic mass is 79.9. The zero-order chi connectivity index (χ0) is 15.1. The Balaban J connectivity index is 1.93. The van der Waals surface area contributed by atoms with Crippen LogP contribution in [0, 0.1) is 5.92 Å². The van der Waals surface area contributed by atoms with Crippen molar-refractivity contribution in [1.82, 2.24) is 4.90 Å². The first kappa shape index (κ1) is 14.1. The summed E-state index contributed by atoms with van der Waals surface area (Å²) in [5, 5.41) is 0. The number of fused-ring (bicyclic) bond motifs is 3. The summed E-state index contributed by atoms with van der Waals surface area (Å²) in [4.78, 5) is 2.61. The van der Waals surface area contributed by atoms with Crippen molar-refractivity contribution in [1.29, 1.82) is 0 Å². The van der Waals surface area contributed by atoms with Gasteiger partial charge in [0.25, 0.3) is 0 Å². The molecule has 2 aromatic carbocycles. The molecule has 112 valence electrons. The van der Waals surface area contributed by atoms with Gasteiger partial charge < -0.3 is 4.90 Å². The monoisotopic (exact) mass is 353 g/mol. The van der Waals surface area contributed by atoms with Gasteiger partial charge in [-0.15, -0.1) is 0 Å². The Hall–Kier alpha value is -1.54. The summed E-state index contributed by atoms with van der Waals surface area (Å²) in [5.74, 6) is 0.641. The van der Waals surface area contributed by atoms with Crippen LogP contribution in [0.2, 0.25) is 0 Å². The maximum Gasteiger partial charge on any atom is 0.0485 e. The van der Waals surface area contributed by atoms with E-state index in [1.807, 2.05) is 0 Å². The third kappa shape index (κ3) is 2.21. The van der Waals surface area contributed by atoms with Crippen molar-refractivity contribution in [2.45, 2.75) is 19.8 Å². The third-order valence-corrected chi connectivity index (χ3v) is 5.52. The van der Waals surface area contributed by atoms with Gasteiger partial charge >= 0.3 is 0 Å². The highest BCUT2D eigenvalue weighted by Gasteiger charge is 2.34. The van der Waals surface area contributed by atoms with Crippen molar-refractivity contribution in [3.05, 3.63) is 69.7 Å². The zero-order valence-corrected chi connectivity index (χ0v) is 14.4. The van der Waals surface area contributed by atoms with Crippen molar-refractivity contribution >= 4 is 27.2 Å². The minimum atomic E-state index is 0.641. The van der Waals surface area contributed by atoms with Gasteiger partial charge in [0.1, 0.15) is 0 Å². The van der Waals surface area contributed by atoms with Gasteiger partial charge in [0.05, 0.1) is 0 Å². The van der Waals surface area contributed by atoms with Gasteiger partial charge in [-0.05, 0) is 41.7 Å². The normalized spacial score (nSPS) is 20.1. The van der Waals surface area contributed by atoms with Crippen LogP contribution in [-0.2, 0) is 6.42 Å². The van der Waals surface area contributed by atoms with Crippen molar-refractivity contribution in [3.63, 3.8) is 0 Å². The summed E-state index contributed by atoms with van der Waals surface area (Å²) < 4.78 is 1.15. The van der Waals surface area contributed by atoms with E-state index in [1.165, 1.54) is 41.8 Å². The lowest BCUT2D eigenvalue weighted by Gasteiger charge is -2.30. The van der Waals surface area contributed by atoms with E-state index in [0.717, 1.165) is 11.0 Å². The Morgan fingerprint density at radius 3 is 2.64 bits per heavy atom. The molecule has 0 fully saturated rings. The summed E-state index contributed by atoms with van der Waals surface area (Å²) >= 11 is 3.55. The van der Waals surface area contributed by atoms with Crippen LogP contribution in [0.5, 0.6) is 0 Å². The smallest absolute Gasteiger partial charge is 0.0485 e. The van der Waals surface area contributed by atoms with Crippen molar-refractivity contribution in [3.8, 4) is 0 Å². The molecule has 0 spiro atoms. The van der Waals surface area contributed by atoms with Gasteiger partial charge in [0.15, 0.2) is 0 Å². The lowest BCUT2D eigenvalue weighted by atomic mass is 9.88. The average Bonchev–Trinajstić information content (AvgIpc) is 2.94. The molecule has 0 aliphatic carbocycles. The van der Waals surface area contributed by atoms with Gasteiger partial charge in [-0.1, -0.05) is 59.3 Å². The molecular formula is C20H20BrN. The van der Waals surface area contributed by atoms with E-state index in [9.17, 15) is 0 Å². The Bertz CT molecular complexity index is 730. The maximum absolute atomic E-state index is 3.55. The van der Waals surface area contributed by atoms with Crippen LogP contribution in [0.15, 0.2) is 53.0 Å². The van der Waals surface area contributed by atoms with E-state index in [2.05, 4.69) is 76.3 Å². The highest BCUT2D eigenvalue weighted by molar-refractivity contribution is 9.10. The topological polar surface area (TPSA) is 3.24 Å². The molecule has 22 heavy (non-hydrogen) atoms. The summed E-state index contributed by atoms with van der Waals surface area (Å²) in [6.07, 6.45) is 2.37. The number of benzene rings is 2. The molecule has 2 aliphatic rings. The molecule has 2 heteroatoms. The van der Waals surface area contributed by atoms with E-state index in [4.69, 9.17) is 0 Å². The molecule has 0 amide bonds. The minimum Gasteiger partial charge on any atom is -0.370 e. The Labute approximate surface area is 140 Å². The summed E-state index contributed by atoms with van der Waals surface area (Å²) in [6, 6.07) is 17.8. The Morgan fingerprint density at radius 1 is 1.09 bits per heavy atom. The molecule has 0 radical (unpaired) electrons. The van der Waals surface area contributed by atoms with Crippen molar-refractivity contribution in [2.24, 2.45) is 5.92 Å². The van der Waals surface area contributed by atoms with Crippen LogP contribution in [0.25, 0.3) is 11.3 Å². The predicted octanol–water partition coefficient (Wildman–Crippen LogP) is 5.22. The fraction of sp³-hybridized carbons (Fsp3) is 0.300. The minimum absolute atomic E-state index is 0.641. The van der Waals surface area contributed by atoms with E-state index in [1.54, 1.807) is 5.57 Å². The first-order valence-corrected chi connectivity index (χ1v) is 8.90. The molecular weight excluding hydrogens is 334 g/mol. The lowest BCUT2D eigenvalue weighted by molar-refractivity contribution is 0.376. The van der Waals surface area contributed by atoms with Crippen LogP contribution < -0.4 is 0 Å². The number of nitrogens with zero attached hydrogens (tertiary/aromatic N) is 1. The molecule has 0 bridgehead atoms. The van der Waals surface area contributed by atoms with Crippen LogP contribution >= 0.6 is 15.9 Å². The Kier molecular flexibility index (Phi) is 3.57. The van der Waals surface area contributed by atoms with Gasteiger partial charge in [-0.3, -0.25) is 0 Å². The number of hydrogen-bond donors (Lipinski definition) is 0. The first-order chi connectivity index (χ1) is 10.8. The fourth-order valence-corrected chi connectivity index (χ4v) is 4.15. The largest absolute Gasteiger partial charge is 0.370 e. The fourth-order valence-electron chi connectivity index (χ4n) is 3.89. The lowest BCUT2D eigenvalue weighted by Crippen LogP contribution is -2.28. The molecule has 4 rings (SSSR count). The average molecular weight is 354 g/mol.